The van der Waals surface area contributed by atoms with E-state index in [1.165, 1.54) is 12.8 Å². The maximum atomic E-state index is 13.7. The zero-order chi connectivity index (χ0) is 26.4. The second-order valence-corrected chi connectivity index (χ2v) is 10.4. The van der Waals surface area contributed by atoms with E-state index in [1.807, 2.05) is 48.3 Å². The van der Waals surface area contributed by atoms with Crippen LogP contribution in [0.2, 0.25) is 0 Å². The summed E-state index contributed by atoms with van der Waals surface area (Å²) in [6.07, 6.45) is 4.51. The molecule has 0 radical (unpaired) electrons. The first-order chi connectivity index (χ1) is 18.6. The van der Waals surface area contributed by atoms with Crippen molar-refractivity contribution in [1.82, 2.24) is 15.2 Å². The number of rotatable bonds is 9. The Kier molecular flexibility index (Phi) is 8.79. The first kappa shape index (κ1) is 26.9. The zero-order valence-electron chi connectivity index (χ0n) is 22.6. The smallest absolute Gasteiger partial charge is 0.255 e. The van der Waals surface area contributed by atoms with Crippen molar-refractivity contribution < 1.29 is 23.7 Å². The molecular formula is C29H40N4O5. The summed E-state index contributed by atoms with van der Waals surface area (Å²) in [6.45, 7) is 6.26. The fraction of sp³-hybridized carbons (Fsp3) is 0.586. The predicted octanol–water partition coefficient (Wildman–Crippen LogP) is 2.98. The highest BCUT2D eigenvalue weighted by atomic mass is 16.6. The molecule has 3 fully saturated rings. The number of nitrogens with zero attached hydrogens (tertiary/aromatic N) is 3. The van der Waals surface area contributed by atoms with Gasteiger partial charge in [-0.1, -0.05) is 25.0 Å². The lowest BCUT2D eigenvalue weighted by Crippen LogP contribution is -2.57. The van der Waals surface area contributed by atoms with Crippen LogP contribution >= 0.6 is 0 Å². The number of nitrogens with one attached hydrogen (secondary N) is 1. The Hall–Kier alpha value is -2.72. The Morgan fingerprint density at radius 3 is 2.63 bits per heavy atom. The van der Waals surface area contributed by atoms with Gasteiger partial charge in [0.05, 0.1) is 57.5 Å². The fourth-order valence-electron chi connectivity index (χ4n) is 5.97. The van der Waals surface area contributed by atoms with Gasteiger partial charge < -0.3 is 29.2 Å². The summed E-state index contributed by atoms with van der Waals surface area (Å²) in [5, 5.41) is 3.29. The second-order valence-electron chi connectivity index (χ2n) is 10.4. The van der Waals surface area contributed by atoms with Crippen molar-refractivity contribution in [3.8, 4) is 17.0 Å². The molecule has 9 heteroatoms. The van der Waals surface area contributed by atoms with Crippen LogP contribution < -0.4 is 15.0 Å². The van der Waals surface area contributed by atoms with Crippen molar-refractivity contribution in [3.63, 3.8) is 0 Å². The highest BCUT2D eigenvalue weighted by Gasteiger charge is 2.40. The van der Waals surface area contributed by atoms with Crippen molar-refractivity contribution in [2.24, 2.45) is 0 Å². The summed E-state index contributed by atoms with van der Waals surface area (Å²) in [7, 11) is 3.61. The van der Waals surface area contributed by atoms with Crippen molar-refractivity contribution in [1.29, 1.82) is 0 Å². The molecule has 3 heterocycles. The summed E-state index contributed by atoms with van der Waals surface area (Å²) in [6, 6.07) is 11.6. The Bertz CT molecular complexity index is 1080. The minimum absolute atomic E-state index is 0.00353. The number of carbonyl (C=O) groups excluding carboxylic acids is 1. The third-order valence-corrected chi connectivity index (χ3v) is 8.02. The number of hydrogen-bond acceptors (Lipinski definition) is 8. The molecule has 0 unspecified atom stereocenters. The third kappa shape index (κ3) is 5.96. The van der Waals surface area contributed by atoms with E-state index in [1.54, 1.807) is 7.11 Å². The minimum atomic E-state index is -0.105. The van der Waals surface area contributed by atoms with Crippen molar-refractivity contribution in [2.75, 3.05) is 78.3 Å². The van der Waals surface area contributed by atoms with Crippen LogP contribution in [0.1, 0.15) is 36.0 Å². The van der Waals surface area contributed by atoms with Gasteiger partial charge in [-0.25, -0.2) is 4.98 Å². The highest BCUT2D eigenvalue weighted by Crippen LogP contribution is 2.36. The number of aromatic nitrogens is 1. The SMILES string of the molecule is COc1ccccc1-c1ccc(C(=O)NCC2(N3CCOCC3)CCCC2)c(N(C)C[C@@H]2COCCO2)n1. The standard InChI is InChI=1S/C29H40N4O5/c1-32(19-22-20-37-17-18-38-22)27-24(9-10-25(31-27)23-7-3-4-8-26(23)35-2)28(34)30-21-29(11-5-6-12-29)33-13-15-36-16-14-33/h3-4,7-10,22H,5-6,11-21H2,1-2H3,(H,30,34)/t22-/m1/s1. The Morgan fingerprint density at radius 2 is 1.89 bits per heavy atom. The van der Waals surface area contributed by atoms with Gasteiger partial charge in [-0.3, -0.25) is 9.69 Å². The number of para-hydroxylation sites is 1. The molecule has 2 aliphatic heterocycles. The first-order valence-corrected chi connectivity index (χ1v) is 13.8. The van der Waals surface area contributed by atoms with Gasteiger partial charge in [0.15, 0.2) is 0 Å². The van der Waals surface area contributed by atoms with Gasteiger partial charge in [0.1, 0.15) is 11.6 Å². The molecule has 5 rings (SSSR count). The normalized spacial score (nSPS) is 21.7. The number of carbonyl (C=O) groups is 1. The molecule has 206 valence electrons. The lowest BCUT2D eigenvalue weighted by molar-refractivity contribution is -0.0837. The summed E-state index contributed by atoms with van der Waals surface area (Å²) in [5.41, 5.74) is 2.19. The number of amides is 1. The van der Waals surface area contributed by atoms with Crippen molar-refractivity contribution in [2.45, 2.75) is 37.3 Å². The quantitative estimate of drug-likeness (QED) is 0.536. The molecule has 3 aliphatic rings. The number of anilines is 1. The number of methoxy groups -OCH3 is 1. The van der Waals surface area contributed by atoms with Crippen LogP contribution in [0.4, 0.5) is 5.82 Å². The molecular weight excluding hydrogens is 484 g/mol. The van der Waals surface area contributed by atoms with Gasteiger partial charge in [0, 0.05) is 44.3 Å². The molecule has 9 nitrogen and oxygen atoms in total. The average molecular weight is 525 g/mol. The molecule has 1 amide bonds. The molecule has 1 N–H and O–H groups in total. The van der Waals surface area contributed by atoms with Gasteiger partial charge >= 0.3 is 0 Å². The van der Waals surface area contributed by atoms with E-state index < -0.39 is 0 Å². The molecule has 0 spiro atoms. The molecule has 1 saturated carbocycles. The van der Waals surface area contributed by atoms with Gasteiger partial charge in [-0.15, -0.1) is 0 Å². The lowest BCUT2D eigenvalue weighted by Gasteiger charge is -2.43. The van der Waals surface area contributed by atoms with Crippen LogP contribution in [-0.2, 0) is 14.2 Å². The number of likely N-dealkylation sites (N-methyl/N-ethyl adjacent to an activating group) is 1. The maximum absolute atomic E-state index is 13.7. The largest absolute Gasteiger partial charge is 0.496 e. The van der Waals surface area contributed by atoms with E-state index in [4.69, 9.17) is 23.9 Å². The average Bonchev–Trinajstić information content (AvgIpc) is 3.47. The lowest BCUT2D eigenvalue weighted by atomic mass is 9.94. The molecule has 0 bridgehead atoms. The van der Waals surface area contributed by atoms with Crippen LogP contribution in [-0.4, -0.2) is 101 Å². The predicted molar refractivity (Wildman–Crippen MR) is 146 cm³/mol. The first-order valence-electron chi connectivity index (χ1n) is 13.8. The van der Waals surface area contributed by atoms with E-state index in [2.05, 4.69) is 10.2 Å². The number of hydrogen-bond donors (Lipinski definition) is 1. The fourth-order valence-corrected chi connectivity index (χ4v) is 5.97. The summed E-state index contributed by atoms with van der Waals surface area (Å²) < 4.78 is 22.7. The van der Waals surface area contributed by atoms with Crippen LogP contribution in [0.3, 0.4) is 0 Å². The number of pyridine rings is 1. The van der Waals surface area contributed by atoms with Crippen LogP contribution in [0.25, 0.3) is 11.3 Å². The van der Waals surface area contributed by atoms with Gasteiger partial charge in [0.2, 0.25) is 0 Å². The third-order valence-electron chi connectivity index (χ3n) is 8.02. The highest BCUT2D eigenvalue weighted by molar-refractivity contribution is 5.99. The number of ether oxygens (including phenoxy) is 4. The van der Waals surface area contributed by atoms with E-state index in [0.29, 0.717) is 44.3 Å². The molecule has 1 aliphatic carbocycles. The van der Waals surface area contributed by atoms with Gasteiger partial charge in [-0.05, 0) is 37.1 Å². The zero-order valence-corrected chi connectivity index (χ0v) is 22.6. The molecule has 1 aromatic heterocycles. The minimum Gasteiger partial charge on any atom is -0.496 e. The maximum Gasteiger partial charge on any atom is 0.255 e. The van der Waals surface area contributed by atoms with Crippen LogP contribution in [0.5, 0.6) is 5.75 Å². The van der Waals surface area contributed by atoms with Gasteiger partial charge in [0.25, 0.3) is 5.91 Å². The Morgan fingerprint density at radius 1 is 1.11 bits per heavy atom. The van der Waals surface area contributed by atoms with Crippen LogP contribution in [0, 0.1) is 0 Å². The van der Waals surface area contributed by atoms with E-state index in [-0.39, 0.29) is 17.6 Å². The molecule has 2 saturated heterocycles. The van der Waals surface area contributed by atoms with Gasteiger partial charge in [-0.2, -0.15) is 0 Å². The molecule has 1 atom stereocenters. The van der Waals surface area contributed by atoms with Crippen molar-refractivity contribution in [3.05, 3.63) is 42.0 Å². The van der Waals surface area contributed by atoms with Crippen molar-refractivity contribution >= 4 is 11.7 Å². The van der Waals surface area contributed by atoms with Crippen LogP contribution in [0.15, 0.2) is 36.4 Å². The topological polar surface area (TPSA) is 85.4 Å². The second kappa shape index (κ2) is 12.4. The summed E-state index contributed by atoms with van der Waals surface area (Å²) in [5.74, 6) is 1.25. The summed E-state index contributed by atoms with van der Waals surface area (Å²) >= 11 is 0. The Labute approximate surface area is 225 Å². The summed E-state index contributed by atoms with van der Waals surface area (Å²) in [4.78, 5) is 23.2. The Balaban J connectivity index is 1.40. The van der Waals surface area contributed by atoms with E-state index >= 15 is 0 Å². The number of morpholine rings is 1. The monoisotopic (exact) mass is 524 g/mol. The van der Waals surface area contributed by atoms with E-state index in [9.17, 15) is 4.79 Å². The molecule has 38 heavy (non-hydrogen) atoms. The molecule has 1 aromatic carbocycles. The number of benzene rings is 1. The molecule has 2 aromatic rings. The van der Waals surface area contributed by atoms with E-state index in [0.717, 1.165) is 56.2 Å².